The summed E-state index contributed by atoms with van der Waals surface area (Å²) in [5.41, 5.74) is 5.77. The van der Waals surface area contributed by atoms with Gasteiger partial charge in [-0.25, -0.2) is 18.4 Å². The Morgan fingerprint density at radius 3 is 2.42 bits per heavy atom. The number of nitrogens with two attached hydrogens (primary N) is 1. The van der Waals surface area contributed by atoms with E-state index in [0.717, 1.165) is 3.79 Å². The van der Waals surface area contributed by atoms with Crippen LogP contribution in [-0.4, -0.2) is 59.7 Å². The van der Waals surface area contributed by atoms with Crippen molar-refractivity contribution >= 4 is 49.0 Å². The number of carbonyl (C=O) groups is 1. The number of hydrogen-bond donors (Lipinski definition) is 1. The van der Waals surface area contributed by atoms with Gasteiger partial charge in [-0.1, -0.05) is 0 Å². The largest absolute Gasteiger partial charge is 0.382 e. The molecule has 0 spiro atoms. The number of aromatic nitrogens is 2. The highest BCUT2D eigenvalue weighted by Gasteiger charge is 2.32. The monoisotopic (exact) mass is 431 g/mol. The number of hydrogen-bond acceptors (Lipinski definition) is 7. The first-order chi connectivity index (χ1) is 11.4. The summed E-state index contributed by atoms with van der Waals surface area (Å²) in [6, 6.07) is 3.27. The molecule has 128 valence electrons. The summed E-state index contributed by atoms with van der Waals surface area (Å²) in [6.07, 6.45) is 2.81. The van der Waals surface area contributed by atoms with E-state index in [-0.39, 0.29) is 47.8 Å². The zero-order chi connectivity index (χ0) is 17.3. The zero-order valence-corrected chi connectivity index (χ0v) is 15.6. The number of halogens is 1. The van der Waals surface area contributed by atoms with E-state index in [9.17, 15) is 13.2 Å². The zero-order valence-electron chi connectivity index (χ0n) is 12.4. The van der Waals surface area contributed by atoms with Crippen molar-refractivity contribution in [3.8, 4) is 0 Å². The molecule has 24 heavy (non-hydrogen) atoms. The third kappa shape index (κ3) is 3.29. The molecule has 11 heteroatoms. The third-order valence-corrected chi connectivity index (χ3v) is 7.59. The molecule has 2 aromatic heterocycles. The van der Waals surface area contributed by atoms with E-state index in [2.05, 4.69) is 25.9 Å². The second kappa shape index (κ2) is 6.75. The van der Waals surface area contributed by atoms with Crippen LogP contribution in [0.3, 0.4) is 0 Å². The average Bonchev–Trinajstić information content (AvgIpc) is 3.02. The minimum atomic E-state index is -3.53. The van der Waals surface area contributed by atoms with Gasteiger partial charge in [-0.2, -0.15) is 4.31 Å². The van der Waals surface area contributed by atoms with Gasteiger partial charge < -0.3 is 10.6 Å². The molecule has 0 atom stereocenters. The van der Waals surface area contributed by atoms with Gasteiger partial charge in [0.2, 0.25) is 0 Å². The Kier molecular flexibility index (Phi) is 4.85. The van der Waals surface area contributed by atoms with Gasteiger partial charge in [-0.3, -0.25) is 4.79 Å². The maximum Gasteiger partial charge on any atom is 0.276 e. The SMILES string of the molecule is Nc1nccnc1C(=O)N1CCN(S(=O)(=O)c2ccc(Br)s2)CC1. The lowest BCUT2D eigenvalue weighted by atomic mass is 10.3. The molecule has 8 nitrogen and oxygen atoms in total. The van der Waals surface area contributed by atoms with Crippen LogP contribution in [0.1, 0.15) is 10.5 Å². The quantitative estimate of drug-likeness (QED) is 0.776. The van der Waals surface area contributed by atoms with Crippen molar-refractivity contribution in [3.05, 3.63) is 34.0 Å². The van der Waals surface area contributed by atoms with Gasteiger partial charge in [0, 0.05) is 38.6 Å². The number of sulfonamides is 1. The van der Waals surface area contributed by atoms with Gasteiger partial charge in [0.1, 0.15) is 4.21 Å². The van der Waals surface area contributed by atoms with Crippen molar-refractivity contribution in [1.29, 1.82) is 0 Å². The minimum Gasteiger partial charge on any atom is -0.382 e. The second-order valence-electron chi connectivity index (χ2n) is 5.05. The highest BCUT2D eigenvalue weighted by Crippen LogP contribution is 2.29. The summed E-state index contributed by atoms with van der Waals surface area (Å²) in [5.74, 6) is -0.266. The Morgan fingerprint density at radius 1 is 1.17 bits per heavy atom. The van der Waals surface area contributed by atoms with Crippen molar-refractivity contribution in [2.24, 2.45) is 0 Å². The maximum absolute atomic E-state index is 12.6. The first-order valence-electron chi connectivity index (χ1n) is 7.01. The van der Waals surface area contributed by atoms with Crippen LogP contribution in [0, 0.1) is 0 Å². The fourth-order valence-corrected chi connectivity index (χ4v) is 5.94. The molecule has 0 aliphatic carbocycles. The fourth-order valence-electron chi connectivity index (χ4n) is 2.36. The van der Waals surface area contributed by atoms with Gasteiger partial charge in [0.05, 0.1) is 3.79 Å². The van der Waals surface area contributed by atoms with Gasteiger partial charge in [0.15, 0.2) is 11.5 Å². The number of thiophene rings is 1. The van der Waals surface area contributed by atoms with Crippen molar-refractivity contribution < 1.29 is 13.2 Å². The molecule has 1 amide bonds. The second-order valence-corrected chi connectivity index (χ2v) is 9.67. The summed E-state index contributed by atoms with van der Waals surface area (Å²) in [4.78, 5) is 21.8. The Bertz CT molecular complexity index is 862. The number of amides is 1. The first kappa shape index (κ1) is 17.3. The minimum absolute atomic E-state index is 0.0704. The third-order valence-electron chi connectivity index (χ3n) is 3.60. The van der Waals surface area contributed by atoms with Crippen LogP contribution < -0.4 is 5.73 Å². The lowest BCUT2D eigenvalue weighted by Crippen LogP contribution is -2.50. The topological polar surface area (TPSA) is 109 Å². The number of piperazine rings is 1. The molecule has 1 aliphatic heterocycles. The van der Waals surface area contributed by atoms with Crippen LogP contribution in [0.15, 0.2) is 32.5 Å². The van der Waals surface area contributed by atoms with Crippen molar-refractivity contribution in [2.45, 2.75) is 4.21 Å². The molecule has 0 unspecified atom stereocenters. The Balaban J connectivity index is 1.70. The van der Waals surface area contributed by atoms with Crippen LogP contribution in [-0.2, 0) is 10.0 Å². The van der Waals surface area contributed by atoms with Gasteiger partial charge in [0.25, 0.3) is 15.9 Å². The van der Waals surface area contributed by atoms with Crippen LogP contribution in [0.5, 0.6) is 0 Å². The number of anilines is 1. The lowest BCUT2D eigenvalue weighted by molar-refractivity contribution is 0.0693. The molecule has 0 aromatic carbocycles. The van der Waals surface area contributed by atoms with Gasteiger partial charge >= 0.3 is 0 Å². The van der Waals surface area contributed by atoms with E-state index in [1.165, 1.54) is 32.9 Å². The van der Waals surface area contributed by atoms with Gasteiger partial charge in [-0.15, -0.1) is 11.3 Å². The molecule has 0 saturated carbocycles. The molecule has 0 bridgehead atoms. The summed E-state index contributed by atoms with van der Waals surface area (Å²) in [7, 11) is -3.53. The van der Waals surface area contributed by atoms with Crippen LogP contribution >= 0.6 is 27.3 Å². The normalized spacial score (nSPS) is 16.3. The van der Waals surface area contributed by atoms with Crippen molar-refractivity contribution in [1.82, 2.24) is 19.2 Å². The standard InChI is InChI=1S/C13H14BrN5O3S2/c14-9-1-2-10(23-9)24(21,22)19-7-5-18(6-8-19)13(20)11-12(15)17-4-3-16-11/h1-4H,5-8H2,(H2,15,17). The van der Waals surface area contributed by atoms with Gasteiger partial charge in [-0.05, 0) is 28.1 Å². The van der Waals surface area contributed by atoms with Crippen molar-refractivity contribution in [3.63, 3.8) is 0 Å². The maximum atomic E-state index is 12.6. The summed E-state index contributed by atoms with van der Waals surface area (Å²) in [5, 5.41) is 0. The van der Waals surface area contributed by atoms with Crippen LogP contribution in [0.4, 0.5) is 5.82 Å². The van der Waals surface area contributed by atoms with E-state index in [1.54, 1.807) is 12.1 Å². The number of rotatable bonds is 3. The van der Waals surface area contributed by atoms with Crippen LogP contribution in [0.25, 0.3) is 0 Å². The highest BCUT2D eigenvalue weighted by molar-refractivity contribution is 9.11. The molecule has 3 heterocycles. The van der Waals surface area contributed by atoms with E-state index in [4.69, 9.17) is 5.73 Å². The summed E-state index contributed by atoms with van der Waals surface area (Å²) < 4.78 is 27.6. The predicted molar refractivity (Wildman–Crippen MR) is 93.1 cm³/mol. The summed E-state index contributed by atoms with van der Waals surface area (Å²) in [6.45, 7) is 1.01. The fraction of sp³-hybridized carbons (Fsp3) is 0.308. The number of carbonyl (C=O) groups excluding carboxylic acids is 1. The summed E-state index contributed by atoms with van der Waals surface area (Å²) >= 11 is 4.43. The first-order valence-corrected chi connectivity index (χ1v) is 10.1. The van der Waals surface area contributed by atoms with E-state index in [1.807, 2.05) is 0 Å². The molecule has 2 N–H and O–H groups in total. The molecule has 1 fully saturated rings. The molecule has 1 aliphatic rings. The average molecular weight is 432 g/mol. The Hall–Kier alpha value is -1.56. The molecule has 3 rings (SSSR count). The van der Waals surface area contributed by atoms with E-state index < -0.39 is 10.0 Å². The molecular weight excluding hydrogens is 418 g/mol. The Morgan fingerprint density at radius 2 is 1.83 bits per heavy atom. The highest BCUT2D eigenvalue weighted by atomic mass is 79.9. The molecule has 1 saturated heterocycles. The number of nitrogen functional groups attached to an aromatic ring is 1. The molecular formula is C13H14BrN5O3S2. The molecule has 2 aromatic rings. The van der Waals surface area contributed by atoms with E-state index in [0.29, 0.717) is 0 Å². The predicted octanol–water partition coefficient (Wildman–Crippen LogP) is 1.03. The van der Waals surface area contributed by atoms with E-state index >= 15 is 0 Å². The lowest BCUT2D eigenvalue weighted by Gasteiger charge is -2.33. The van der Waals surface area contributed by atoms with Crippen LogP contribution in [0.2, 0.25) is 0 Å². The number of nitrogens with zero attached hydrogens (tertiary/aromatic N) is 4. The van der Waals surface area contributed by atoms with Crippen molar-refractivity contribution in [2.75, 3.05) is 31.9 Å². The Labute approximate surface area is 151 Å². The molecule has 0 radical (unpaired) electrons. The smallest absolute Gasteiger partial charge is 0.276 e.